The highest BCUT2D eigenvalue weighted by molar-refractivity contribution is 5.92. The molecular formula is C28H35F2N7O5. The number of rotatable bonds is 12. The average molecular weight is 588 g/mol. The number of halogens is 2. The highest BCUT2D eigenvalue weighted by Gasteiger charge is 2.24. The molecule has 0 aliphatic rings. The van der Waals surface area contributed by atoms with Gasteiger partial charge in [-0.2, -0.15) is 4.39 Å². The maximum Gasteiger partial charge on any atom is 0.407 e. The average Bonchev–Trinajstić information content (AvgIpc) is 3.36. The number of anilines is 1. The minimum Gasteiger partial charge on any atom is -0.465 e. The molecule has 3 amide bonds. The molecule has 0 bridgehead atoms. The molecule has 12 nitrogen and oxygen atoms in total. The SMILES string of the molecule is CC(C)Cc1ncc(F)c2nc(Cn3c(F)ccc(NC(=O)[C@@H](CC/C=C/C(=O)N(C)C)CN(C)C(=O)O)c3=O)[nH]c12. The summed E-state index contributed by atoms with van der Waals surface area (Å²) in [6.45, 7) is 3.41. The lowest BCUT2D eigenvalue weighted by atomic mass is 10.0. The Morgan fingerprint density at radius 2 is 1.90 bits per heavy atom. The molecular weight excluding hydrogens is 552 g/mol. The van der Waals surface area contributed by atoms with E-state index in [0.29, 0.717) is 17.6 Å². The second kappa shape index (κ2) is 13.8. The number of carbonyl (C=O) groups is 3. The third kappa shape index (κ3) is 7.98. The minimum absolute atomic E-state index is 0.0280. The lowest BCUT2D eigenvalue weighted by Gasteiger charge is -2.21. The molecule has 0 unspecified atom stereocenters. The van der Waals surface area contributed by atoms with Crippen LogP contribution >= 0.6 is 0 Å². The Balaban J connectivity index is 1.85. The van der Waals surface area contributed by atoms with E-state index in [1.807, 2.05) is 13.8 Å². The lowest BCUT2D eigenvalue weighted by molar-refractivity contribution is -0.123. The highest BCUT2D eigenvalue weighted by atomic mass is 19.1. The van der Waals surface area contributed by atoms with Gasteiger partial charge in [-0.1, -0.05) is 19.9 Å². The van der Waals surface area contributed by atoms with Crippen molar-refractivity contribution in [1.82, 2.24) is 29.3 Å². The van der Waals surface area contributed by atoms with Crippen LogP contribution < -0.4 is 10.9 Å². The molecule has 0 aromatic carbocycles. The number of fused-ring (bicyclic) bond motifs is 1. The van der Waals surface area contributed by atoms with Crippen LogP contribution in [0.2, 0.25) is 0 Å². The number of imidazole rings is 1. The number of aromatic amines is 1. The van der Waals surface area contributed by atoms with Gasteiger partial charge < -0.3 is 25.2 Å². The Bertz CT molecular complexity index is 1550. The van der Waals surface area contributed by atoms with Crippen molar-refractivity contribution in [3.8, 4) is 0 Å². The van der Waals surface area contributed by atoms with Crippen LogP contribution in [0.5, 0.6) is 0 Å². The summed E-state index contributed by atoms with van der Waals surface area (Å²) in [5.41, 5.74) is -0.116. The molecule has 0 radical (unpaired) electrons. The molecule has 3 heterocycles. The number of carboxylic acid groups (broad SMARTS) is 1. The van der Waals surface area contributed by atoms with Gasteiger partial charge in [0.15, 0.2) is 11.8 Å². The van der Waals surface area contributed by atoms with Gasteiger partial charge in [-0.25, -0.2) is 14.2 Å². The van der Waals surface area contributed by atoms with E-state index in [2.05, 4.69) is 20.3 Å². The topological polar surface area (TPSA) is 154 Å². The maximum absolute atomic E-state index is 14.8. The van der Waals surface area contributed by atoms with E-state index in [1.165, 1.54) is 18.0 Å². The minimum atomic E-state index is -1.25. The Labute approximate surface area is 241 Å². The predicted octanol–water partition coefficient (Wildman–Crippen LogP) is 3.23. The molecule has 0 fully saturated rings. The van der Waals surface area contributed by atoms with Crippen molar-refractivity contribution in [3.05, 3.63) is 64.1 Å². The van der Waals surface area contributed by atoms with E-state index >= 15 is 0 Å². The first-order chi connectivity index (χ1) is 19.8. The van der Waals surface area contributed by atoms with E-state index in [-0.39, 0.29) is 54.8 Å². The first-order valence-electron chi connectivity index (χ1n) is 13.3. The third-order valence-corrected chi connectivity index (χ3v) is 6.46. The van der Waals surface area contributed by atoms with Crippen LogP contribution in [0.15, 0.2) is 35.3 Å². The van der Waals surface area contributed by atoms with Crippen molar-refractivity contribution in [3.63, 3.8) is 0 Å². The van der Waals surface area contributed by atoms with Crippen LogP contribution in [0.3, 0.4) is 0 Å². The summed E-state index contributed by atoms with van der Waals surface area (Å²) < 4.78 is 30.0. The van der Waals surface area contributed by atoms with Crippen molar-refractivity contribution in [1.29, 1.82) is 0 Å². The first-order valence-corrected chi connectivity index (χ1v) is 13.3. The number of pyridine rings is 2. The number of hydrogen-bond donors (Lipinski definition) is 3. The number of nitrogens with zero attached hydrogens (tertiary/aromatic N) is 5. The van der Waals surface area contributed by atoms with Gasteiger partial charge in [-0.05, 0) is 43.4 Å². The fourth-order valence-electron chi connectivity index (χ4n) is 4.21. The fraction of sp³-hybridized carbons (Fsp3) is 0.429. The first kappa shape index (κ1) is 31.9. The van der Waals surface area contributed by atoms with Gasteiger partial charge in [0.25, 0.3) is 5.56 Å². The van der Waals surface area contributed by atoms with Gasteiger partial charge in [0.05, 0.1) is 29.9 Å². The number of likely N-dealkylation sites (N-methyl/N-ethyl adjacent to an activating group) is 1. The number of nitrogens with one attached hydrogen (secondary N) is 2. The quantitative estimate of drug-likeness (QED) is 0.217. The normalized spacial score (nSPS) is 12.2. The van der Waals surface area contributed by atoms with E-state index in [9.17, 15) is 33.1 Å². The summed E-state index contributed by atoms with van der Waals surface area (Å²) >= 11 is 0. The fourth-order valence-corrected chi connectivity index (χ4v) is 4.21. The molecule has 14 heteroatoms. The zero-order chi connectivity index (χ0) is 31.1. The molecule has 0 aliphatic carbocycles. The Morgan fingerprint density at radius 3 is 2.55 bits per heavy atom. The maximum atomic E-state index is 14.8. The molecule has 42 heavy (non-hydrogen) atoms. The highest BCUT2D eigenvalue weighted by Crippen LogP contribution is 2.21. The van der Waals surface area contributed by atoms with Gasteiger partial charge >= 0.3 is 6.09 Å². The summed E-state index contributed by atoms with van der Waals surface area (Å²) in [5.74, 6) is -3.00. The van der Waals surface area contributed by atoms with Crippen LogP contribution in [-0.2, 0) is 22.6 Å². The number of carbonyl (C=O) groups excluding carboxylic acids is 2. The standard InChI is InChI=1S/C28H35F2N7O5/c1-16(2)12-20-25-24(18(29)13-31-20)33-22(34-25)15-37-21(30)11-10-19(27(37)40)32-26(39)17(14-36(5)28(41)42)8-6-7-9-23(38)35(3)4/h7,9-11,13,16-17H,6,8,12,14-15H2,1-5H3,(H,32,39)(H,33,34)(H,41,42)/b9-7+/t17-/m0/s1. The van der Waals surface area contributed by atoms with E-state index in [1.54, 1.807) is 20.2 Å². The monoisotopic (exact) mass is 587 g/mol. The van der Waals surface area contributed by atoms with Gasteiger partial charge in [0.2, 0.25) is 11.8 Å². The van der Waals surface area contributed by atoms with Crippen LogP contribution in [0.1, 0.15) is 38.2 Å². The summed E-state index contributed by atoms with van der Waals surface area (Å²) in [5, 5.41) is 11.8. The summed E-state index contributed by atoms with van der Waals surface area (Å²) in [4.78, 5) is 63.1. The lowest BCUT2D eigenvalue weighted by Crippen LogP contribution is -2.37. The molecule has 3 aromatic heterocycles. The molecule has 0 aliphatic heterocycles. The summed E-state index contributed by atoms with van der Waals surface area (Å²) in [6, 6.07) is 2.11. The molecule has 3 N–H and O–H groups in total. The number of hydrogen-bond acceptors (Lipinski definition) is 6. The van der Waals surface area contributed by atoms with Gasteiger partial charge in [0.1, 0.15) is 17.0 Å². The predicted molar refractivity (Wildman–Crippen MR) is 152 cm³/mol. The molecule has 0 saturated carbocycles. The smallest absolute Gasteiger partial charge is 0.407 e. The van der Waals surface area contributed by atoms with Crippen LogP contribution in [0, 0.1) is 23.6 Å². The van der Waals surface area contributed by atoms with Crippen LogP contribution in [0.4, 0.5) is 19.3 Å². The van der Waals surface area contributed by atoms with Crippen molar-refractivity contribution in [2.45, 2.75) is 39.7 Å². The van der Waals surface area contributed by atoms with Crippen LogP contribution in [0.25, 0.3) is 11.0 Å². The Kier molecular flexibility index (Phi) is 10.5. The van der Waals surface area contributed by atoms with Gasteiger partial charge in [-0.3, -0.25) is 23.9 Å². The Morgan fingerprint density at radius 1 is 1.19 bits per heavy atom. The number of amides is 3. The van der Waals surface area contributed by atoms with Crippen molar-refractivity contribution < 1.29 is 28.3 Å². The molecule has 0 saturated heterocycles. The summed E-state index contributed by atoms with van der Waals surface area (Å²) in [7, 11) is 4.49. The molecule has 1 atom stereocenters. The zero-order valence-electron chi connectivity index (χ0n) is 24.1. The van der Waals surface area contributed by atoms with Crippen LogP contribution in [-0.4, -0.2) is 80.0 Å². The summed E-state index contributed by atoms with van der Waals surface area (Å²) in [6.07, 6.45) is 3.76. The van der Waals surface area contributed by atoms with Gasteiger partial charge in [-0.15, -0.1) is 0 Å². The largest absolute Gasteiger partial charge is 0.465 e. The third-order valence-electron chi connectivity index (χ3n) is 6.46. The molecule has 3 rings (SSSR count). The molecule has 0 spiro atoms. The van der Waals surface area contributed by atoms with Crippen molar-refractivity contribution >= 4 is 34.6 Å². The van der Waals surface area contributed by atoms with Crippen molar-refractivity contribution in [2.75, 3.05) is 33.0 Å². The number of allylic oxidation sites excluding steroid dienone is 1. The number of aromatic nitrogens is 4. The second-order valence-corrected chi connectivity index (χ2v) is 10.6. The van der Waals surface area contributed by atoms with E-state index in [0.717, 1.165) is 27.8 Å². The molecule has 3 aromatic rings. The Hall–Kier alpha value is -4.62. The van der Waals surface area contributed by atoms with Crippen molar-refractivity contribution in [2.24, 2.45) is 11.8 Å². The number of H-pyrrole nitrogens is 1. The zero-order valence-corrected chi connectivity index (χ0v) is 24.1. The van der Waals surface area contributed by atoms with Gasteiger partial charge in [0, 0.05) is 27.7 Å². The van der Waals surface area contributed by atoms with E-state index < -0.39 is 35.2 Å². The second-order valence-electron chi connectivity index (χ2n) is 10.6. The molecule has 226 valence electrons. The van der Waals surface area contributed by atoms with E-state index in [4.69, 9.17) is 0 Å².